The third-order valence-electron chi connectivity index (χ3n) is 2.70. The van der Waals surface area contributed by atoms with E-state index in [-0.39, 0.29) is 15.5 Å². The molecule has 9 heteroatoms. The van der Waals surface area contributed by atoms with Gasteiger partial charge in [0.25, 0.3) is 15.2 Å². The van der Waals surface area contributed by atoms with Gasteiger partial charge in [-0.25, -0.2) is 17.9 Å². The van der Waals surface area contributed by atoms with Crippen molar-refractivity contribution in [3.05, 3.63) is 28.5 Å². The lowest BCUT2D eigenvalue weighted by Gasteiger charge is -2.12. The molecule has 0 spiro atoms. The summed E-state index contributed by atoms with van der Waals surface area (Å²) in [6.45, 7) is 4.23. The number of aromatic nitrogens is 3. The smallest absolute Gasteiger partial charge is 0.273 e. The number of nitrogens with zero attached hydrogens (tertiary/aromatic N) is 3. The van der Waals surface area contributed by atoms with Crippen molar-refractivity contribution < 1.29 is 12.8 Å². The Balaban J connectivity index is 2.63. The Kier molecular flexibility index (Phi) is 4.45. The lowest BCUT2D eigenvalue weighted by atomic mass is 10.2. The third-order valence-corrected chi connectivity index (χ3v) is 4.12. The van der Waals surface area contributed by atoms with Crippen molar-refractivity contribution in [1.82, 2.24) is 14.8 Å². The molecule has 0 amide bonds. The molecule has 0 fully saturated rings. The van der Waals surface area contributed by atoms with Crippen LogP contribution in [0.2, 0.25) is 0 Å². The van der Waals surface area contributed by atoms with Crippen molar-refractivity contribution in [2.45, 2.75) is 25.5 Å². The number of hydrogen-bond acceptors (Lipinski definition) is 4. The van der Waals surface area contributed by atoms with E-state index in [1.807, 2.05) is 13.8 Å². The Hall–Kier alpha value is -1.32. The first-order chi connectivity index (χ1) is 9.70. The molecule has 0 radical (unpaired) electrons. The van der Waals surface area contributed by atoms with Gasteiger partial charge in [-0.2, -0.15) is 0 Å². The van der Waals surface area contributed by atoms with Crippen LogP contribution in [0, 0.1) is 11.7 Å². The molecule has 0 aliphatic carbocycles. The molecule has 2 aromatic rings. The van der Waals surface area contributed by atoms with E-state index < -0.39 is 15.8 Å². The van der Waals surface area contributed by atoms with E-state index in [2.05, 4.69) is 26.1 Å². The number of halogens is 2. The molecule has 0 bridgehead atoms. The first kappa shape index (κ1) is 16.1. The standard InChI is InChI=1S/C12H14BrFN4O2S/c1-7(2)6-18-11(16-17-12(18)21(15,19)20)8-3-4-10(14)9(13)5-8/h3-5,7H,6H2,1-2H3,(H2,15,19,20). The molecule has 0 saturated heterocycles. The van der Waals surface area contributed by atoms with Crippen molar-refractivity contribution in [2.24, 2.45) is 11.1 Å². The molecule has 6 nitrogen and oxygen atoms in total. The maximum atomic E-state index is 13.3. The summed E-state index contributed by atoms with van der Waals surface area (Å²) in [6.07, 6.45) is 0. The first-order valence-corrected chi connectivity index (χ1v) is 8.45. The summed E-state index contributed by atoms with van der Waals surface area (Å²) in [6, 6.07) is 4.29. The maximum Gasteiger partial charge on any atom is 0.273 e. The molecular weight excluding hydrogens is 363 g/mol. The quantitative estimate of drug-likeness (QED) is 0.884. The van der Waals surface area contributed by atoms with Crippen LogP contribution in [0.1, 0.15) is 13.8 Å². The van der Waals surface area contributed by atoms with Crippen LogP contribution in [0.4, 0.5) is 4.39 Å². The Morgan fingerprint density at radius 2 is 2.05 bits per heavy atom. The Bertz CT molecular complexity index is 774. The van der Waals surface area contributed by atoms with Crippen molar-refractivity contribution in [2.75, 3.05) is 0 Å². The van der Waals surface area contributed by atoms with Gasteiger partial charge >= 0.3 is 0 Å². The molecule has 0 saturated carbocycles. The second-order valence-electron chi connectivity index (χ2n) is 4.98. The number of benzene rings is 1. The fourth-order valence-electron chi connectivity index (χ4n) is 1.88. The summed E-state index contributed by atoms with van der Waals surface area (Å²) < 4.78 is 38.2. The van der Waals surface area contributed by atoms with E-state index in [0.717, 1.165) is 0 Å². The van der Waals surface area contributed by atoms with Crippen LogP contribution in [0.3, 0.4) is 0 Å². The van der Waals surface area contributed by atoms with Crippen molar-refractivity contribution >= 4 is 26.0 Å². The van der Waals surface area contributed by atoms with Gasteiger partial charge in [-0.1, -0.05) is 13.8 Å². The highest BCUT2D eigenvalue weighted by atomic mass is 79.9. The molecule has 2 N–H and O–H groups in total. The van der Waals surface area contributed by atoms with E-state index in [1.54, 1.807) is 0 Å². The maximum absolute atomic E-state index is 13.3. The number of primary sulfonamides is 1. The van der Waals surface area contributed by atoms with Gasteiger partial charge in [-0.05, 0) is 40.0 Å². The number of nitrogens with two attached hydrogens (primary N) is 1. The average molecular weight is 377 g/mol. The van der Waals surface area contributed by atoms with Crippen LogP contribution < -0.4 is 5.14 Å². The zero-order valence-corrected chi connectivity index (χ0v) is 13.8. The van der Waals surface area contributed by atoms with Crippen LogP contribution >= 0.6 is 15.9 Å². The SMILES string of the molecule is CC(C)Cn1c(-c2ccc(F)c(Br)c2)nnc1S(N)(=O)=O. The van der Waals surface area contributed by atoms with Gasteiger partial charge in [0.2, 0.25) is 0 Å². The van der Waals surface area contributed by atoms with Gasteiger partial charge in [-0.3, -0.25) is 4.57 Å². The fraction of sp³-hybridized carbons (Fsp3) is 0.333. The highest BCUT2D eigenvalue weighted by Gasteiger charge is 2.22. The van der Waals surface area contributed by atoms with Crippen LogP contribution in [-0.2, 0) is 16.6 Å². The number of sulfonamides is 1. The number of rotatable bonds is 4. The molecule has 1 aromatic heterocycles. The molecule has 0 aliphatic heterocycles. The predicted molar refractivity (Wildman–Crippen MR) is 79.3 cm³/mol. The first-order valence-electron chi connectivity index (χ1n) is 6.11. The van der Waals surface area contributed by atoms with Crippen molar-refractivity contribution in [1.29, 1.82) is 0 Å². The monoisotopic (exact) mass is 376 g/mol. The second-order valence-corrected chi connectivity index (χ2v) is 7.29. The normalized spacial score (nSPS) is 12.1. The molecular formula is C12H14BrFN4O2S. The number of hydrogen-bond donors (Lipinski definition) is 1. The van der Waals surface area contributed by atoms with Gasteiger partial charge < -0.3 is 0 Å². The molecule has 21 heavy (non-hydrogen) atoms. The lowest BCUT2D eigenvalue weighted by Crippen LogP contribution is -2.20. The molecule has 1 aromatic carbocycles. The fourth-order valence-corrected chi connectivity index (χ4v) is 2.88. The minimum absolute atomic E-state index is 0.157. The third kappa shape index (κ3) is 3.47. The Labute approximate surface area is 130 Å². The van der Waals surface area contributed by atoms with Crippen molar-refractivity contribution in [3.8, 4) is 11.4 Å². The van der Waals surface area contributed by atoms with Crippen LogP contribution in [-0.4, -0.2) is 23.2 Å². The highest BCUT2D eigenvalue weighted by molar-refractivity contribution is 9.10. The molecule has 114 valence electrons. The largest absolute Gasteiger partial charge is 0.296 e. The Morgan fingerprint density at radius 1 is 1.38 bits per heavy atom. The Morgan fingerprint density at radius 3 is 2.57 bits per heavy atom. The summed E-state index contributed by atoms with van der Waals surface area (Å²) in [4.78, 5) is 0. The summed E-state index contributed by atoms with van der Waals surface area (Å²) >= 11 is 3.09. The van der Waals surface area contributed by atoms with E-state index in [9.17, 15) is 12.8 Å². The summed E-state index contributed by atoms with van der Waals surface area (Å²) in [7, 11) is -3.98. The van der Waals surface area contributed by atoms with Gasteiger partial charge in [-0.15, -0.1) is 10.2 Å². The summed E-state index contributed by atoms with van der Waals surface area (Å²) in [5.74, 6) is 0.0675. The molecule has 2 rings (SSSR count). The zero-order valence-electron chi connectivity index (χ0n) is 11.4. The molecule has 0 atom stereocenters. The topological polar surface area (TPSA) is 90.9 Å². The summed E-state index contributed by atoms with van der Waals surface area (Å²) in [5, 5.41) is 12.4. The minimum atomic E-state index is -3.98. The molecule has 0 unspecified atom stereocenters. The van der Waals surface area contributed by atoms with Gasteiger partial charge in [0.05, 0.1) is 4.47 Å². The van der Waals surface area contributed by atoms with E-state index in [0.29, 0.717) is 17.9 Å². The van der Waals surface area contributed by atoms with Gasteiger partial charge in [0, 0.05) is 12.1 Å². The van der Waals surface area contributed by atoms with Crippen molar-refractivity contribution in [3.63, 3.8) is 0 Å². The summed E-state index contributed by atoms with van der Waals surface area (Å²) in [5.41, 5.74) is 0.548. The minimum Gasteiger partial charge on any atom is -0.296 e. The van der Waals surface area contributed by atoms with Crippen LogP contribution in [0.25, 0.3) is 11.4 Å². The highest BCUT2D eigenvalue weighted by Crippen LogP contribution is 2.26. The van der Waals surface area contributed by atoms with Crippen LogP contribution in [0.5, 0.6) is 0 Å². The molecule has 1 heterocycles. The van der Waals surface area contributed by atoms with E-state index in [4.69, 9.17) is 5.14 Å². The second kappa shape index (κ2) is 5.82. The average Bonchev–Trinajstić information content (AvgIpc) is 2.75. The van der Waals surface area contributed by atoms with Crippen LogP contribution in [0.15, 0.2) is 27.8 Å². The van der Waals surface area contributed by atoms with Gasteiger partial charge in [0.1, 0.15) is 5.82 Å². The van der Waals surface area contributed by atoms with Gasteiger partial charge in [0.15, 0.2) is 5.82 Å². The van der Waals surface area contributed by atoms with E-state index in [1.165, 1.54) is 22.8 Å². The predicted octanol–water partition coefficient (Wildman–Crippen LogP) is 2.15. The lowest BCUT2D eigenvalue weighted by molar-refractivity contribution is 0.486. The van der Waals surface area contributed by atoms with E-state index >= 15 is 0 Å². The zero-order chi connectivity index (χ0) is 15.8. The molecule has 0 aliphatic rings.